The van der Waals surface area contributed by atoms with Crippen molar-refractivity contribution in [3.8, 4) is 0 Å². The Morgan fingerprint density at radius 2 is 2.28 bits per heavy atom. The summed E-state index contributed by atoms with van der Waals surface area (Å²) in [7, 11) is 0. The van der Waals surface area contributed by atoms with Crippen LogP contribution in [0.1, 0.15) is 38.7 Å². The summed E-state index contributed by atoms with van der Waals surface area (Å²) in [6, 6.07) is 6.14. The van der Waals surface area contributed by atoms with Crippen LogP contribution in [0.5, 0.6) is 0 Å². The largest absolute Gasteiger partial charge is 0.366 e. The molecule has 1 fully saturated rings. The zero-order chi connectivity index (χ0) is 13.1. The number of hydrogen-bond acceptors (Lipinski definition) is 2. The molecule has 1 aromatic carbocycles. The van der Waals surface area contributed by atoms with Crippen LogP contribution in [0.4, 0.5) is 10.1 Å². The van der Waals surface area contributed by atoms with Gasteiger partial charge in [0.25, 0.3) is 0 Å². The lowest BCUT2D eigenvalue weighted by atomic mass is 10.1. The maximum Gasteiger partial charge on any atom is 0.146 e. The minimum absolute atomic E-state index is 0.0745. The lowest BCUT2D eigenvalue weighted by Gasteiger charge is -2.26. The average molecular weight is 250 g/mol. The number of benzene rings is 1. The fourth-order valence-electron chi connectivity index (χ4n) is 2.86. The molecule has 0 spiro atoms. The second-order valence-corrected chi connectivity index (χ2v) is 5.36. The summed E-state index contributed by atoms with van der Waals surface area (Å²) in [4.78, 5) is 2.21. The van der Waals surface area contributed by atoms with Crippen LogP contribution < -0.4 is 10.6 Å². The molecule has 1 saturated heterocycles. The van der Waals surface area contributed by atoms with Gasteiger partial charge in [-0.25, -0.2) is 4.39 Å². The van der Waals surface area contributed by atoms with Crippen molar-refractivity contribution in [2.75, 3.05) is 11.4 Å². The first-order valence-corrected chi connectivity index (χ1v) is 6.92. The molecule has 2 nitrogen and oxygen atoms in total. The Kier molecular flexibility index (Phi) is 4.23. The van der Waals surface area contributed by atoms with E-state index in [1.807, 2.05) is 19.1 Å². The van der Waals surface area contributed by atoms with E-state index >= 15 is 0 Å². The van der Waals surface area contributed by atoms with Crippen LogP contribution in [-0.2, 0) is 6.42 Å². The molecule has 1 heterocycles. The van der Waals surface area contributed by atoms with Gasteiger partial charge >= 0.3 is 0 Å². The van der Waals surface area contributed by atoms with Crippen molar-refractivity contribution in [1.82, 2.24) is 0 Å². The SMILES string of the molecule is CCC1CCCN1c1ccc(CC(C)N)cc1F. The Hall–Kier alpha value is -1.09. The summed E-state index contributed by atoms with van der Waals surface area (Å²) >= 11 is 0. The van der Waals surface area contributed by atoms with E-state index in [0.29, 0.717) is 6.04 Å². The van der Waals surface area contributed by atoms with Gasteiger partial charge < -0.3 is 10.6 Å². The van der Waals surface area contributed by atoms with Gasteiger partial charge in [0.2, 0.25) is 0 Å². The van der Waals surface area contributed by atoms with E-state index < -0.39 is 0 Å². The van der Waals surface area contributed by atoms with E-state index in [-0.39, 0.29) is 11.9 Å². The molecule has 1 aromatic rings. The zero-order valence-electron chi connectivity index (χ0n) is 11.3. The Balaban J connectivity index is 2.19. The maximum absolute atomic E-state index is 14.2. The summed E-state index contributed by atoms with van der Waals surface area (Å²) in [6.07, 6.45) is 4.16. The Morgan fingerprint density at radius 3 is 2.89 bits per heavy atom. The van der Waals surface area contributed by atoms with Crippen molar-refractivity contribution in [2.24, 2.45) is 5.73 Å². The van der Waals surface area contributed by atoms with Crippen LogP contribution in [0.25, 0.3) is 0 Å². The molecular formula is C15H23FN2. The first kappa shape index (κ1) is 13.3. The Labute approximate surface area is 109 Å². The fourth-order valence-corrected chi connectivity index (χ4v) is 2.86. The van der Waals surface area contributed by atoms with Crippen LogP contribution in [0.15, 0.2) is 18.2 Å². The molecule has 0 radical (unpaired) electrons. The van der Waals surface area contributed by atoms with Gasteiger partial charge in [-0.2, -0.15) is 0 Å². The molecule has 2 rings (SSSR count). The van der Waals surface area contributed by atoms with Crippen molar-refractivity contribution in [2.45, 2.75) is 51.6 Å². The van der Waals surface area contributed by atoms with E-state index in [1.54, 1.807) is 6.07 Å². The summed E-state index contributed by atoms with van der Waals surface area (Å²) in [6.45, 7) is 5.09. The number of halogens is 1. The standard InChI is InChI=1S/C15H23FN2/c1-3-13-5-4-8-18(13)15-7-6-12(9-11(2)17)10-14(15)16/h6-7,10-11,13H,3-5,8-9,17H2,1-2H3. The molecule has 0 saturated carbocycles. The first-order valence-electron chi connectivity index (χ1n) is 6.92. The van der Waals surface area contributed by atoms with Crippen molar-refractivity contribution < 1.29 is 4.39 Å². The van der Waals surface area contributed by atoms with E-state index in [1.165, 1.54) is 12.8 Å². The molecule has 2 N–H and O–H groups in total. The summed E-state index contributed by atoms with van der Waals surface area (Å²) in [5, 5.41) is 0. The van der Waals surface area contributed by atoms with Gasteiger partial charge in [-0.05, 0) is 50.3 Å². The van der Waals surface area contributed by atoms with Crippen molar-refractivity contribution in [3.05, 3.63) is 29.6 Å². The van der Waals surface area contributed by atoms with E-state index in [4.69, 9.17) is 5.73 Å². The van der Waals surface area contributed by atoms with Crippen molar-refractivity contribution in [3.63, 3.8) is 0 Å². The first-order chi connectivity index (χ1) is 8.61. The molecule has 3 heteroatoms. The van der Waals surface area contributed by atoms with Crippen LogP contribution in [0, 0.1) is 5.82 Å². The van der Waals surface area contributed by atoms with E-state index in [9.17, 15) is 4.39 Å². The summed E-state index contributed by atoms with van der Waals surface area (Å²) < 4.78 is 14.2. The quantitative estimate of drug-likeness (QED) is 0.889. The molecule has 100 valence electrons. The van der Waals surface area contributed by atoms with Crippen LogP contribution >= 0.6 is 0 Å². The Morgan fingerprint density at radius 1 is 1.50 bits per heavy atom. The molecule has 1 aliphatic heterocycles. The molecule has 0 aliphatic carbocycles. The van der Waals surface area contributed by atoms with Crippen LogP contribution in [0.2, 0.25) is 0 Å². The molecule has 0 bridgehead atoms. The zero-order valence-corrected chi connectivity index (χ0v) is 11.3. The second-order valence-electron chi connectivity index (χ2n) is 5.36. The topological polar surface area (TPSA) is 29.3 Å². The van der Waals surface area contributed by atoms with Gasteiger partial charge in [-0.1, -0.05) is 13.0 Å². The molecule has 2 atom stereocenters. The van der Waals surface area contributed by atoms with Crippen LogP contribution in [0.3, 0.4) is 0 Å². The predicted molar refractivity (Wildman–Crippen MR) is 74.4 cm³/mol. The third kappa shape index (κ3) is 2.83. The van der Waals surface area contributed by atoms with Gasteiger partial charge in [-0.3, -0.25) is 0 Å². The molecule has 1 aliphatic rings. The molecule has 2 unspecified atom stereocenters. The predicted octanol–water partition coefficient (Wildman–Crippen LogP) is 3.09. The molecule has 18 heavy (non-hydrogen) atoms. The monoisotopic (exact) mass is 250 g/mol. The number of rotatable bonds is 4. The molecular weight excluding hydrogens is 227 g/mol. The second kappa shape index (κ2) is 5.70. The fraction of sp³-hybridized carbons (Fsp3) is 0.600. The summed E-state index contributed by atoms with van der Waals surface area (Å²) in [5.41, 5.74) is 7.49. The van der Waals surface area contributed by atoms with Crippen molar-refractivity contribution in [1.29, 1.82) is 0 Å². The normalized spacial score (nSPS) is 21.3. The average Bonchev–Trinajstić information content (AvgIpc) is 2.76. The van der Waals surface area contributed by atoms with Crippen LogP contribution in [-0.4, -0.2) is 18.6 Å². The van der Waals surface area contributed by atoms with Crippen molar-refractivity contribution >= 4 is 5.69 Å². The van der Waals surface area contributed by atoms with Gasteiger partial charge in [0.05, 0.1) is 5.69 Å². The minimum Gasteiger partial charge on any atom is -0.366 e. The Bertz CT molecular complexity index is 403. The minimum atomic E-state index is -0.103. The van der Waals surface area contributed by atoms with Gasteiger partial charge in [0.1, 0.15) is 5.82 Å². The number of nitrogens with two attached hydrogens (primary N) is 1. The highest BCUT2D eigenvalue weighted by Gasteiger charge is 2.25. The lowest BCUT2D eigenvalue weighted by Crippen LogP contribution is -2.29. The molecule has 0 amide bonds. The van der Waals surface area contributed by atoms with Gasteiger partial charge in [0.15, 0.2) is 0 Å². The summed E-state index contributed by atoms with van der Waals surface area (Å²) in [5.74, 6) is -0.103. The maximum atomic E-state index is 14.2. The molecule has 0 aromatic heterocycles. The number of nitrogens with zero attached hydrogens (tertiary/aromatic N) is 1. The van der Waals surface area contributed by atoms with E-state index in [0.717, 1.165) is 30.6 Å². The smallest absolute Gasteiger partial charge is 0.146 e. The number of anilines is 1. The highest BCUT2D eigenvalue weighted by molar-refractivity contribution is 5.51. The highest BCUT2D eigenvalue weighted by atomic mass is 19.1. The lowest BCUT2D eigenvalue weighted by molar-refractivity contribution is 0.594. The van der Waals surface area contributed by atoms with E-state index in [2.05, 4.69) is 11.8 Å². The van der Waals surface area contributed by atoms with Gasteiger partial charge in [-0.15, -0.1) is 0 Å². The van der Waals surface area contributed by atoms with Gasteiger partial charge in [0, 0.05) is 18.6 Å². The number of hydrogen-bond donors (Lipinski definition) is 1. The highest BCUT2D eigenvalue weighted by Crippen LogP contribution is 2.30. The third-order valence-electron chi connectivity index (χ3n) is 3.73. The third-order valence-corrected chi connectivity index (χ3v) is 3.73.